The molecule has 0 saturated heterocycles. The van der Waals surface area contributed by atoms with Gasteiger partial charge in [0.05, 0.1) is 33.7 Å². The first-order valence-corrected chi connectivity index (χ1v) is 6.11. The van der Waals surface area contributed by atoms with Crippen molar-refractivity contribution in [2.75, 3.05) is 33.7 Å². The molecule has 0 heterocycles. The summed E-state index contributed by atoms with van der Waals surface area (Å²) >= 11 is 0. The Kier molecular flexibility index (Phi) is 14.2. The summed E-state index contributed by atoms with van der Waals surface area (Å²) in [6.07, 6.45) is 5.72. The zero-order valence-electron chi connectivity index (χ0n) is 11.2. The van der Waals surface area contributed by atoms with Gasteiger partial charge in [-0.05, 0) is 11.6 Å². The van der Waals surface area contributed by atoms with E-state index >= 15 is 0 Å². The van der Waals surface area contributed by atoms with Crippen LogP contribution in [0.2, 0.25) is 0 Å². The highest BCUT2D eigenvalue weighted by Gasteiger charge is 1.93. The molecule has 0 aliphatic rings. The van der Waals surface area contributed by atoms with Crippen molar-refractivity contribution >= 4 is 6.08 Å². The van der Waals surface area contributed by atoms with E-state index in [1.54, 1.807) is 0 Å². The Morgan fingerprint density at radius 2 is 1.78 bits per heavy atom. The summed E-state index contributed by atoms with van der Waals surface area (Å²) in [5.74, 6) is 0. The fourth-order valence-corrected chi connectivity index (χ4v) is 1.58. The third kappa shape index (κ3) is 10.6. The van der Waals surface area contributed by atoms with Crippen LogP contribution in [0.1, 0.15) is 12.0 Å². The first kappa shape index (κ1) is 19.8. The molecule has 4 heteroatoms. The Hall–Kier alpha value is -0.540. The molecule has 0 bridgehead atoms. The summed E-state index contributed by atoms with van der Waals surface area (Å²) in [6.45, 7) is 3.57. The summed E-state index contributed by atoms with van der Waals surface area (Å²) < 4.78 is 0. The van der Waals surface area contributed by atoms with Gasteiger partial charge in [-0.25, -0.2) is 0 Å². The van der Waals surface area contributed by atoms with Crippen molar-refractivity contribution in [3.63, 3.8) is 0 Å². The zero-order valence-corrected chi connectivity index (χ0v) is 12.7. The van der Waals surface area contributed by atoms with Crippen molar-refractivity contribution in [1.82, 2.24) is 0 Å². The van der Waals surface area contributed by atoms with Crippen LogP contribution in [-0.4, -0.2) is 33.7 Å². The van der Waals surface area contributed by atoms with E-state index in [1.807, 2.05) is 6.07 Å². The highest BCUT2D eigenvalue weighted by molar-refractivity contribution is 5.48. The van der Waals surface area contributed by atoms with Gasteiger partial charge in [0.15, 0.2) is 0 Å². The number of rotatable bonds is 7. The highest BCUT2D eigenvalue weighted by atomic mass is 35.5. The molecule has 2 nitrogen and oxygen atoms in total. The monoisotopic (exact) mass is 290 g/mol. The maximum absolute atomic E-state index is 2.36. The average Bonchev–Trinajstić information content (AvgIpc) is 2.29. The maximum atomic E-state index is 2.36. The minimum atomic E-state index is 0. The number of hydrogen-bond acceptors (Lipinski definition) is 0. The van der Waals surface area contributed by atoms with E-state index in [0.29, 0.717) is 0 Å². The van der Waals surface area contributed by atoms with Crippen LogP contribution in [0.25, 0.3) is 6.08 Å². The van der Waals surface area contributed by atoms with E-state index < -0.39 is 0 Å². The highest BCUT2D eigenvalue weighted by Crippen LogP contribution is 1.99. The summed E-state index contributed by atoms with van der Waals surface area (Å²) in [5.41, 5.74) is 1.29. The van der Waals surface area contributed by atoms with Crippen molar-refractivity contribution in [2.45, 2.75) is 6.42 Å². The molecule has 0 unspecified atom stereocenters. The minimum Gasteiger partial charge on any atom is -1.00 e. The molecule has 0 saturated carbocycles. The van der Waals surface area contributed by atoms with Crippen LogP contribution >= 0.6 is 0 Å². The predicted octanol–water partition coefficient (Wildman–Crippen LogP) is -6.19. The lowest BCUT2D eigenvalue weighted by Crippen LogP contribution is -3.06. The molecule has 0 fully saturated rings. The minimum absolute atomic E-state index is 0. The Morgan fingerprint density at radius 1 is 1.11 bits per heavy atom. The van der Waals surface area contributed by atoms with Crippen LogP contribution in [-0.2, 0) is 0 Å². The van der Waals surface area contributed by atoms with Crippen molar-refractivity contribution in [3.05, 3.63) is 42.0 Å². The quantitative estimate of drug-likeness (QED) is 0.467. The van der Waals surface area contributed by atoms with Crippen molar-refractivity contribution in [1.29, 1.82) is 0 Å². The van der Waals surface area contributed by atoms with Gasteiger partial charge in [0.25, 0.3) is 0 Å². The molecule has 104 valence electrons. The predicted molar refractivity (Wildman–Crippen MR) is 69.4 cm³/mol. The fraction of sp³-hybridized carbons (Fsp3) is 0.429. The molecule has 0 atom stereocenters. The average molecular weight is 291 g/mol. The van der Waals surface area contributed by atoms with Gasteiger partial charge in [0.1, 0.15) is 0 Å². The van der Waals surface area contributed by atoms with Gasteiger partial charge in [-0.1, -0.05) is 36.4 Å². The van der Waals surface area contributed by atoms with Crippen molar-refractivity contribution in [3.8, 4) is 0 Å². The SMILES string of the molecule is C[NH+](C)CCC[NH2+]CC=Cc1ccccc1.[Cl-].[Cl-]. The lowest BCUT2D eigenvalue weighted by molar-refractivity contribution is -0.860. The smallest absolute Gasteiger partial charge is 0.0945 e. The Labute approximate surface area is 123 Å². The normalized spacial score (nSPS) is 10.2. The molecular formula is C14H24Cl2N2. The van der Waals surface area contributed by atoms with Gasteiger partial charge in [-0.3, -0.25) is 0 Å². The van der Waals surface area contributed by atoms with E-state index in [1.165, 1.54) is 30.0 Å². The van der Waals surface area contributed by atoms with Gasteiger partial charge in [0.2, 0.25) is 0 Å². The topological polar surface area (TPSA) is 21.1 Å². The molecule has 0 radical (unpaired) electrons. The molecule has 0 aliphatic carbocycles. The van der Waals surface area contributed by atoms with E-state index in [2.05, 4.69) is 55.8 Å². The number of nitrogens with one attached hydrogen (secondary N) is 1. The Balaban J connectivity index is 0. The van der Waals surface area contributed by atoms with Crippen molar-refractivity contribution < 1.29 is 35.0 Å². The number of benzene rings is 1. The molecule has 0 aliphatic heterocycles. The van der Waals surface area contributed by atoms with E-state index in [-0.39, 0.29) is 24.8 Å². The lowest BCUT2D eigenvalue weighted by atomic mass is 10.2. The molecule has 0 aromatic heterocycles. The van der Waals surface area contributed by atoms with E-state index in [0.717, 1.165) is 6.54 Å². The van der Waals surface area contributed by atoms with Gasteiger partial charge < -0.3 is 35.0 Å². The van der Waals surface area contributed by atoms with E-state index in [4.69, 9.17) is 0 Å². The third-order valence-corrected chi connectivity index (χ3v) is 2.50. The summed E-state index contributed by atoms with van der Waals surface area (Å²) in [6, 6.07) is 10.5. The second-order valence-electron chi connectivity index (χ2n) is 4.44. The van der Waals surface area contributed by atoms with Crippen LogP contribution in [0.4, 0.5) is 0 Å². The molecule has 18 heavy (non-hydrogen) atoms. The van der Waals surface area contributed by atoms with Gasteiger partial charge in [-0.2, -0.15) is 0 Å². The number of quaternary nitrogens is 2. The molecule has 3 N–H and O–H groups in total. The summed E-state index contributed by atoms with van der Waals surface area (Å²) in [7, 11) is 4.41. The van der Waals surface area contributed by atoms with Gasteiger partial charge in [0, 0.05) is 6.42 Å². The maximum Gasteiger partial charge on any atom is 0.0945 e. The number of nitrogens with two attached hydrogens (primary N) is 1. The van der Waals surface area contributed by atoms with Crippen LogP contribution in [0.3, 0.4) is 0 Å². The first-order valence-electron chi connectivity index (χ1n) is 6.11. The third-order valence-electron chi connectivity index (χ3n) is 2.50. The second kappa shape index (κ2) is 12.9. The van der Waals surface area contributed by atoms with Crippen LogP contribution in [0.15, 0.2) is 36.4 Å². The van der Waals surface area contributed by atoms with Gasteiger partial charge in [-0.15, -0.1) is 0 Å². The number of hydrogen-bond donors (Lipinski definition) is 2. The first-order chi connectivity index (χ1) is 7.79. The van der Waals surface area contributed by atoms with Crippen LogP contribution in [0.5, 0.6) is 0 Å². The molecule has 0 spiro atoms. The Bertz CT molecular complexity index is 300. The largest absolute Gasteiger partial charge is 1.00 e. The summed E-state index contributed by atoms with van der Waals surface area (Å²) in [4.78, 5) is 1.54. The fourth-order valence-electron chi connectivity index (χ4n) is 1.58. The van der Waals surface area contributed by atoms with Crippen molar-refractivity contribution in [2.24, 2.45) is 0 Å². The zero-order chi connectivity index (χ0) is 11.6. The molecule has 1 aromatic carbocycles. The van der Waals surface area contributed by atoms with E-state index in [9.17, 15) is 0 Å². The molecular weight excluding hydrogens is 267 g/mol. The summed E-state index contributed by atoms with van der Waals surface area (Å²) in [5, 5.41) is 2.36. The molecule has 1 aromatic rings. The second-order valence-corrected chi connectivity index (χ2v) is 4.44. The van der Waals surface area contributed by atoms with Crippen LogP contribution in [0, 0.1) is 0 Å². The lowest BCUT2D eigenvalue weighted by Gasteiger charge is -2.05. The standard InChI is InChI=1S/C14H22N2.2ClH/c1-16(2)13-7-12-15-11-6-10-14-8-4-3-5-9-14;;/h3-6,8-10,15H,7,11-13H2,1-2H3;2*1H. The van der Waals surface area contributed by atoms with Crippen LogP contribution < -0.4 is 35.0 Å². The number of halogens is 2. The molecule has 1 rings (SSSR count). The Morgan fingerprint density at radius 3 is 2.39 bits per heavy atom. The van der Waals surface area contributed by atoms with Gasteiger partial charge >= 0.3 is 0 Å². The molecule has 0 amide bonds.